The minimum atomic E-state index is -1.92. The zero-order chi connectivity index (χ0) is 37.1. The van der Waals surface area contributed by atoms with Crippen LogP contribution in [0.4, 0.5) is 4.39 Å². The van der Waals surface area contributed by atoms with Crippen molar-refractivity contribution >= 4 is 42.1 Å². The topological polar surface area (TPSA) is 202 Å². The van der Waals surface area contributed by atoms with Crippen molar-refractivity contribution in [2.24, 2.45) is 5.92 Å². The predicted molar refractivity (Wildman–Crippen MR) is 191 cm³/mol. The first kappa shape index (κ1) is 44.7. The third-order valence-corrected chi connectivity index (χ3v) is 8.89. The summed E-state index contributed by atoms with van der Waals surface area (Å²) in [6.07, 6.45) is 15.9. The molecule has 2 atom stereocenters. The van der Waals surface area contributed by atoms with Crippen molar-refractivity contribution in [2.45, 2.75) is 134 Å². The van der Waals surface area contributed by atoms with Gasteiger partial charge in [0, 0.05) is 43.4 Å². The van der Waals surface area contributed by atoms with Gasteiger partial charge in [-0.2, -0.15) is 0 Å². The second kappa shape index (κ2) is 27.4. The molecule has 0 aliphatic carbocycles. The molecule has 0 aromatic heterocycles. The molecule has 2 amide bonds. The molecule has 0 aliphatic rings. The number of unbranched alkanes of at least 4 members (excludes halogenated alkanes) is 13. The molecule has 0 fully saturated rings. The number of ketones is 1. The average molecular weight is 708 g/mol. The molecule has 0 aliphatic heterocycles. The number of benzene rings is 1. The van der Waals surface area contributed by atoms with Gasteiger partial charge in [-0.3, -0.25) is 24.0 Å². The number of likely N-dealkylation sites (N-methyl/N-ethyl adjacent to an activating group) is 1. The maximum atomic E-state index is 13.8. The molecule has 7 N–H and O–H groups in total. The van der Waals surface area contributed by atoms with E-state index in [4.69, 9.17) is 15.2 Å². The highest BCUT2D eigenvalue weighted by atomic mass is 19.1. The summed E-state index contributed by atoms with van der Waals surface area (Å²) in [7, 11) is -0.329. The van der Waals surface area contributed by atoms with E-state index in [1.54, 1.807) is 7.05 Å². The molecule has 1 rings (SSSR count). The standard InChI is InChI=1S/C36H59BFN3O9/c1-39-32(36(47)48)18-14-16-23-40-33(43)22-20-28(35(45)46)25-29(42)17-13-11-9-7-5-3-2-4-6-8-10-12-15-24-41-34(44)27-19-21-30(37(49)50)31(38)26-27/h19,21,26,28,32,39,49-50H,2-18,20,22-25H2,1H3,(H,40,43)(H,41,44)(H,45,46)(H,47,48)/t28-,32+/m1/s1. The summed E-state index contributed by atoms with van der Waals surface area (Å²) in [5, 5.41) is 44.9. The molecule has 0 unspecified atom stereocenters. The first-order valence-corrected chi connectivity index (χ1v) is 18.3. The first-order chi connectivity index (χ1) is 24.0. The maximum Gasteiger partial charge on any atom is 0.491 e. The van der Waals surface area contributed by atoms with E-state index >= 15 is 0 Å². The minimum absolute atomic E-state index is 0.0307. The maximum absolute atomic E-state index is 13.8. The third-order valence-electron chi connectivity index (χ3n) is 8.89. The molecule has 1 aromatic rings. The van der Waals surface area contributed by atoms with E-state index < -0.39 is 36.8 Å². The molecule has 0 heterocycles. The van der Waals surface area contributed by atoms with Crippen LogP contribution in [0.15, 0.2) is 18.2 Å². The summed E-state index contributed by atoms with van der Waals surface area (Å²) in [6, 6.07) is 2.94. The van der Waals surface area contributed by atoms with Crippen LogP contribution in [0.5, 0.6) is 0 Å². The van der Waals surface area contributed by atoms with Crippen LogP contribution in [0.2, 0.25) is 0 Å². The van der Waals surface area contributed by atoms with Gasteiger partial charge in [-0.1, -0.05) is 76.7 Å². The molecular formula is C36H59BFN3O9. The molecule has 50 heavy (non-hydrogen) atoms. The smallest absolute Gasteiger partial charge is 0.481 e. The van der Waals surface area contributed by atoms with Crippen molar-refractivity contribution in [2.75, 3.05) is 20.1 Å². The minimum Gasteiger partial charge on any atom is -0.481 e. The number of carbonyl (C=O) groups excluding carboxylic acids is 3. The molecule has 0 saturated carbocycles. The number of carbonyl (C=O) groups is 5. The number of rotatable bonds is 31. The van der Waals surface area contributed by atoms with Gasteiger partial charge in [0.15, 0.2) is 0 Å². The Kier molecular flexibility index (Phi) is 24.5. The van der Waals surface area contributed by atoms with E-state index in [2.05, 4.69) is 16.0 Å². The van der Waals surface area contributed by atoms with Crippen molar-refractivity contribution < 1.29 is 48.6 Å². The molecule has 0 radical (unpaired) electrons. The number of hydrogen-bond acceptors (Lipinski definition) is 8. The Morgan fingerprint density at radius 3 is 1.76 bits per heavy atom. The van der Waals surface area contributed by atoms with Crippen molar-refractivity contribution in [1.82, 2.24) is 16.0 Å². The van der Waals surface area contributed by atoms with Crippen molar-refractivity contribution in [3.63, 3.8) is 0 Å². The zero-order valence-corrected chi connectivity index (χ0v) is 29.7. The molecular weight excluding hydrogens is 648 g/mol. The van der Waals surface area contributed by atoms with Crippen LogP contribution in [0, 0.1) is 11.7 Å². The van der Waals surface area contributed by atoms with Gasteiger partial charge in [0.05, 0.1) is 5.92 Å². The molecule has 0 spiro atoms. The number of hydrogen-bond donors (Lipinski definition) is 7. The second-order valence-electron chi connectivity index (χ2n) is 13.1. The number of carboxylic acid groups (broad SMARTS) is 2. The lowest BCUT2D eigenvalue weighted by Gasteiger charge is -2.12. The van der Waals surface area contributed by atoms with Gasteiger partial charge < -0.3 is 36.2 Å². The molecule has 1 aromatic carbocycles. The van der Waals surface area contributed by atoms with E-state index in [0.717, 1.165) is 63.9 Å². The molecule has 12 nitrogen and oxygen atoms in total. The Balaban J connectivity index is 1.98. The highest BCUT2D eigenvalue weighted by Gasteiger charge is 2.22. The molecule has 282 valence electrons. The van der Waals surface area contributed by atoms with Gasteiger partial charge in [-0.25, -0.2) is 4.39 Å². The fourth-order valence-electron chi connectivity index (χ4n) is 5.75. The molecule has 0 bridgehead atoms. The Hall–Kier alpha value is -3.36. The van der Waals surface area contributed by atoms with Crippen molar-refractivity contribution in [1.29, 1.82) is 0 Å². The third kappa shape index (κ3) is 21.0. The lowest BCUT2D eigenvalue weighted by Crippen LogP contribution is -2.34. The van der Waals surface area contributed by atoms with Crippen LogP contribution in [0.3, 0.4) is 0 Å². The van der Waals surface area contributed by atoms with Crippen LogP contribution in [0.25, 0.3) is 0 Å². The Morgan fingerprint density at radius 1 is 0.700 bits per heavy atom. The number of amides is 2. The number of nitrogens with one attached hydrogen (secondary N) is 3. The summed E-state index contributed by atoms with van der Waals surface area (Å²) in [5.41, 5.74) is -0.122. The molecule has 0 saturated heterocycles. The van der Waals surface area contributed by atoms with E-state index in [0.29, 0.717) is 38.8 Å². The van der Waals surface area contributed by atoms with Gasteiger partial charge in [0.1, 0.15) is 17.6 Å². The van der Waals surface area contributed by atoms with Crippen LogP contribution < -0.4 is 21.4 Å². The lowest BCUT2D eigenvalue weighted by atomic mass is 9.79. The average Bonchev–Trinajstić information content (AvgIpc) is 3.07. The van der Waals surface area contributed by atoms with Crippen molar-refractivity contribution in [3.05, 3.63) is 29.6 Å². The van der Waals surface area contributed by atoms with Gasteiger partial charge in [-0.15, -0.1) is 0 Å². The fourth-order valence-corrected chi connectivity index (χ4v) is 5.75. The van der Waals surface area contributed by atoms with E-state index in [9.17, 15) is 33.5 Å². The van der Waals surface area contributed by atoms with E-state index in [1.165, 1.54) is 37.8 Å². The fraction of sp³-hybridized carbons (Fsp3) is 0.694. The highest BCUT2D eigenvalue weighted by molar-refractivity contribution is 6.58. The first-order valence-electron chi connectivity index (χ1n) is 18.3. The summed E-state index contributed by atoms with van der Waals surface area (Å²) in [6.45, 7) is 0.895. The van der Waals surface area contributed by atoms with E-state index in [1.807, 2.05) is 0 Å². The summed E-state index contributed by atoms with van der Waals surface area (Å²) in [4.78, 5) is 59.2. The number of carboxylic acids is 2. The largest absolute Gasteiger partial charge is 0.491 e. The lowest BCUT2D eigenvalue weighted by molar-refractivity contribution is -0.144. The Bertz CT molecular complexity index is 1170. The zero-order valence-electron chi connectivity index (χ0n) is 29.7. The second-order valence-corrected chi connectivity index (χ2v) is 13.1. The monoisotopic (exact) mass is 707 g/mol. The van der Waals surface area contributed by atoms with Gasteiger partial charge in [-0.05, 0) is 57.7 Å². The van der Waals surface area contributed by atoms with E-state index in [-0.39, 0.29) is 47.9 Å². The predicted octanol–water partition coefficient (Wildman–Crippen LogP) is 4.10. The van der Waals surface area contributed by atoms with Crippen LogP contribution >= 0.6 is 0 Å². The summed E-state index contributed by atoms with van der Waals surface area (Å²) < 4.78 is 13.8. The van der Waals surface area contributed by atoms with Gasteiger partial charge in [0.25, 0.3) is 5.91 Å². The van der Waals surface area contributed by atoms with Crippen molar-refractivity contribution in [3.8, 4) is 0 Å². The Morgan fingerprint density at radius 2 is 1.24 bits per heavy atom. The van der Waals surface area contributed by atoms with Crippen LogP contribution in [-0.2, 0) is 19.2 Å². The van der Waals surface area contributed by atoms with Crippen LogP contribution in [0.1, 0.15) is 139 Å². The normalized spacial score (nSPS) is 12.2. The molecule has 14 heteroatoms. The highest BCUT2D eigenvalue weighted by Crippen LogP contribution is 2.17. The quantitative estimate of drug-likeness (QED) is 0.0435. The SMILES string of the molecule is CN[C@@H](CCCCNC(=O)CC[C@H](CC(=O)CCCCCCCCCCCCCCCNC(=O)c1ccc(B(O)O)c(F)c1)C(=O)O)C(=O)O. The number of halogens is 1. The van der Waals surface area contributed by atoms with Crippen LogP contribution in [-0.4, -0.2) is 83.1 Å². The summed E-state index contributed by atoms with van der Waals surface area (Å²) >= 11 is 0. The summed E-state index contributed by atoms with van der Waals surface area (Å²) in [5.74, 6) is -4.41. The van der Waals surface area contributed by atoms with Gasteiger partial charge >= 0.3 is 19.1 Å². The number of aliphatic carboxylic acids is 2. The number of Topliss-reactive ketones (excluding diaryl/α,β-unsaturated/α-hetero) is 1. The Labute approximate surface area is 296 Å². The van der Waals surface area contributed by atoms with Gasteiger partial charge in [0.2, 0.25) is 5.91 Å².